The first-order chi connectivity index (χ1) is 8.15. The molecule has 0 aliphatic carbocycles. The van der Waals surface area contributed by atoms with Crippen LogP contribution >= 0.6 is 0 Å². The number of nitrogen functional groups attached to an aromatic ring is 1. The highest BCUT2D eigenvalue weighted by Gasteiger charge is 2.02. The third-order valence-electron chi connectivity index (χ3n) is 2.46. The van der Waals surface area contributed by atoms with Gasteiger partial charge in [-0.2, -0.15) is 5.10 Å². The first-order valence-electron chi connectivity index (χ1n) is 5.61. The number of anilines is 3. The first-order valence-corrected chi connectivity index (χ1v) is 5.61. The van der Waals surface area contributed by atoms with Crippen molar-refractivity contribution >= 4 is 17.2 Å². The molecule has 17 heavy (non-hydrogen) atoms. The van der Waals surface area contributed by atoms with Crippen molar-refractivity contribution in [2.75, 3.05) is 11.1 Å². The van der Waals surface area contributed by atoms with Crippen LogP contribution in [-0.4, -0.2) is 10.2 Å². The number of nitrogens with one attached hydrogen (secondary N) is 1. The van der Waals surface area contributed by atoms with Crippen LogP contribution in [0.2, 0.25) is 0 Å². The highest BCUT2D eigenvalue weighted by atomic mass is 15.2. The maximum Gasteiger partial charge on any atom is 0.153 e. The van der Waals surface area contributed by atoms with E-state index < -0.39 is 0 Å². The predicted molar refractivity (Wildman–Crippen MR) is 70.3 cm³/mol. The van der Waals surface area contributed by atoms with E-state index in [1.54, 1.807) is 0 Å². The summed E-state index contributed by atoms with van der Waals surface area (Å²) in [6, 6.07) is 11.4. The average molecular weight is 228 g/mol. The molecule has 1 aromatic heterocycles. The van der Waals surface area contributed by atoms with Crippen molar-refractivity contribution in [1.82, 2.24) is 10.2 Å². The Morgan fingerprint density at radius 3 is 2.24 bits per heavy atom. The Balaban J connectivity index is 2.11. The normalized spacial score (nSPS) is 10.5. The molecular weight excluding hydrogens is 212 g/mol. The molecule has 88 valence electrons. The lowest BCUT2D eigenvalue weighted by atomic mass is 10.1. The number of benzene rings is 1. The average Bonchev–Trinajstić information content (AvgIpc) is 2.33. The lowest BCUT2D eigenvalue weighted by Crippen LogP contribution is -1.99. The predicted octanol–water partition coefficient (Wildman–Crippen LogP) is 2.93. The zero-order chi connectivity index (χ0) is 12.3. The van der Waals surface area contributed by atoms with E-state index in [9.17, 15) is 0 Å². The van der Waals surface area contributed by atoms with Gasteiger partial charge in [0.15, 0.2) is 5.82 Å². The molecule has 0 spiro atoms. The second-order valence-corrected chi connectivity index (χ2v) is 4.25. The van der Waals surface area contributed by atoms with Gasteiger partial charge in [0, 0.05) is 11.4 Å². The molecule has 1 aromatic carbocycles. The molecule has 0 aliphatic heterocycles. The number of hydrogen-bond donors (Lipinski definition) is 2. The molecule has 3 N–H and O–H groups in total. The minimum atomic E-state index is 0.396. The highest BCUT2D eigenvalue weighted by Crippen LogP contribution is 2.17. The van der Waals surface area contributed by atoms with Gasteiger partial charge in [0.1, 0.15) is 0 Å². The van der Waals surface area contributed by atoms with Crippen LogP contribution in [0.25, 0.3) is 0 Å². The van der Waals surface area contributed by atoms with Gasteiger partial charge in [0.2, 0.25) is 0 Å². The first kappa shape index (κ1) is 11.4. The van der Waals surface area contributed by atoms with Crippen LogP contribution in [0, 0.1) is 0 Å². The van der Waals surface area contributed by atoms with Gasteiger partial charge in [-0.15, -0.1) is 5.10 Å². The Labute approximate surface area is 101 Å². The number of aromatic nitrogens is 2. The molecule has 0 amide bonds. The molecule has 2 rings (SSSR count). The SMILES string of the molecule is CC(C)c1ccc(Nc2ccc(N)cc2)nn1. The Morgan fingerprint density at radius 1 is 1.00 bits per heavy atom. The van der Waals surface area contributed by atoms with E-state index in [2.05, 4.69) is 29.4 Å². The van der Waals surface area contributed by atoms with E-state index in [0.717, 1.165) is 22.9 Å². The molecule has 2 aromatic rings. The fourth-order valence-electron chi connectivity index (χ4n) is 1.43. The molecule has 4 nitrogen and oxygen atoms in total. The van der Waals surface area contributed by atoms with E-state index in [1.165, 1.54) is 0 Å². The van der Waals surface area contributed by atoms with Gasteiger partial charge in [0.05, 0.1) is 5.69 Å². The van der Waals surface area contributed by atoms with Gasteiger partial charge in [-0.1, -0.05) is 13.8 Å². The Bertz CT molecular complexity index is 474. The van der Waals surface area contributed by atoms with Gasteiger partial charge < -0.3 is 11.1 Å². The van der Waals surface area contributed by atoms with Crippen LogP contribution < -0.4 is 11.1 Å². The summed E-state index contributed by atoms with van der Waals surface area (Å²) in [7, 11) is 0. The fraction of sp³-hybridized carbons (Fsp3) is 0.231. The summed E-state index contributed by atoms with van der Waals surface area (Å²) in [6.45, 7) is 4.19. The lowest BCUT2D eigenvalue weighted by molar-refractivity contribution is 0.787. The van der Waals surface area contributed by atoms with E-state index >= 15 is 0 Å². The van der Waals surface area contributed by atoms with Crippen molar-refractivity contribution in [3.8, 4) is 0 Å². The molecule has 0 radical (unpaired) electrons. The molecule has 0 saturated carbocycles. The largest absolute Gasteiger partial charge is 0.399 e. The van der Waals surface area contributed by atoms with Gasteiger partial charge in [-0.05, 0) is 42.3 Å². The Kier molecular flexibility index (Phi) is 3.23. The number of hydrogen-bond acceptors (Lipinski definition) is 4. The van der Waals surface area contributed by atoms with E-state index in [0.29, 0.717) is 5.92 Å². The summed E-state index contributed by atoms with van der Waals surface area (Å²) in [4.78, 5) is 0. The molecule has 0 bridgehead atoms. The number of nitrogens with zero attached hydrogens (tertiary/aromatic N) is 2. The van der Waals surface area contributed by atoms with Gasteiger partial charge >= 0.3 is 0 Å². The van der Waals surface area contributed by atoms with Gasteiger partial charge in [-0.25, -0.2) is 0 Å². The van der Waals surface area contributed by atoms with E-state index in [-0.39, 0.29) is 0 Å². The monoisotopic (exact) mass is 228 g/mol. The molecule has 0 aliphatic rings. The summed E-state index contributed by atoms with van der Waals surface area (Å²) in [5.74, 6) is 1.13. The molecule has 0 atom stereocenters. The number of nitrogens with two attached hydrogens (primary N) is 1. The summed E-state index contributed by atoms with van der Waals surface area (Å²) in [5.41, 5.74) is 8.31. The second-order valence-electron chi connectivity index (χ2n) is 4.25. The van der Waals surface area contributed by atoms with Crippen LogP contribution in [0.15, 0.2) is 36.4 Å². The van der Waals surface area contributed by atoms with Gasteiger partial charge in [-0.3, -0.25) is 0 Å². The minimum absolute atomic E-state index is 0.396. The highest BCUT2D eigenvalue weighted by molar-refractivity contribution is 5.58. The zero-order valence-electron chi connectivity index (χ0n) is 10.0. The van der Waals surface area contributed by atoms with Crippen molar-refractivity contribution in [1.29, 1.82) is 0 Å². The Hall–Kier alpha value is -2.10. The van der Waals surface area contributed by atoms with Crippen LogP contribution in [0.4, 0.5) is 17.2 Å². The van der Waals surface area contributed by atoms with Crippen molar-refractivity contribution in [2.45, 2.75) is 19.8 Å². The van der Waals surface area contributed by atoms with Crippen molar-refractivity contribution in [3.63, 3.8) is 0 Å². The lowest BCUT2D eigenvalue weighted by Gasteiger charge is -2.07. The summed E-state index contributed by atoms with van der Waals surface area (Å²) in [6.07, 6.45) is 0. The molecule has 0 unspecified atom stereocenters. The topological polar surface area (TPSA) is 63.8 Å². The molecule has 0 fully saturated rings. The zero-order valence-corrected chi connectivity index (χ0v) is 10.0. The van der Waals surface area contributed by atoms with Crippen LogP contribution in [0.3, 0.4) is 0 Å². The molecule has 4 heteroatoms. The molecule has 0 saturated heterocycles. The fourth-order valence-corrected chi connectivity index (χ4v) is 1.43. The summed E-state index contributed by atoms with van der Waals surface area (Å²) >= 11 is 0. The van der Waals surface area contributed by atoms with Crippen LogP contribution in [-0.2, 0) is 0 Å². The third kappa shape index (κ3) is 2.93. The summed E-state index contributed by atoms with van der Waals surface area (Å²) < 4.78 is 0. The smallest absolute Gasteiger partial charge is 0.153 e. The van der Waals surface area contributed by atoms with Gasteiger partial charge in [0.25, 0.3) is 0 Å². The minimum Gasteiger partial charge on any atom is -0.399 e. The molecular formula is C13H16N4. The van der Waals surface area contributed by atoms with Crippen molar-refractivity contribution < 1.29 is 0 Å². The van der Waals surface area contributed by atoms with Crippen LogP contribution in [0.5, 0.6) is 0 Å². The second kappa shape index (κ2) is 4.82. The molecule has 1 heterocycles. The quantitative estimate of drug-likeness (QED) is 0.793. The van der Waals surface area contributed by atoms with Crippen molar-refractivity contribution in [3.05, 3.63) is 42.1 Å². The maximum atomic E-state index is 5.62. The van der Waals surface area contributed by atoms with E-state index in [1.807, 2.05) is 36.4 Å². The van der Waals surface area contributed by atoms with Crippen LogP contribution in [0.1, 0.15) is 25.5 Å². The van der Waals surface area contributed by atoms with E-state index in [4.69, 9.17) is 5.73 Å². The van der Waals surface area contributed by atoms with Crippen molar-refractivity contribution in [2.24, 2.45) is 0 Å². The Morgan fingerprint density at radius 2 is 1.71 bits per heavy atom. The number of rotatable bonds is 3. The maximum absolute atomic E-state index is 5.62. The third-order valence-corrected chi connectivity index (χ3v) is 2.46. The summed E-state index contributed by atoms with van der Waals surface area (Å²) in [5, 5.41) is 11.4. The standard InChI is InChI=1S/C13H16N4/c1-9(2)12-7-8-13(17-16-12)15-11-5-3-10(14)4-6-11/h3-9H,14H2,1-2H3,(H,15,17).